The monoisotopic (exact) mass is 379 g/mol. The standard InChI is InChI=1S/C18H12F3NO3S/c19-11-4-5-12-14(6-11)22(8-17(24)25)16(7-15(12)23)26-9-10-2-1-3-13(20)18(10)21/h1-7H,8-9H2,(H,24,25). The van der Waals surface area contributed by atoms with Gasteiger partial charge in [-0.15, -0.1) is 11.8 Å². The number of halogens is 3. The highest BCUT2D eigenvalue weighted by molar-refractivity contribution is 7.98. The van der Waals surface area contributed by atoms with Crippen LogP contribution >= 0.6 is 11.8 Å². The number of hydrogen-bond donors (Lipinski definition) is 1. The molecule has 0 aliphatic heterocycles. The van der Waals surface area contributed by atoms with Crippen LogP contribution in [-0.4, -0.2) is 15.6 Å². The second-order valence-corrected chi connectivity index (χ2v) is 6.49. The fraction of sp³-hybridized carbons (Fsp3) is 0.111. The lowest BCUT2D eigenvalue weighted by Gasteiger charge is -2.15. The Morgan fingerprint density at radius 1 is 1.12 bits per heavy atom. The first kappa shape index (κ1) is 18.1. The van der Waals surface area contributed by atoms with Gasteiger partial charge in [-0.2, -0.15) is 0 Å². The third-order valence-electron chi connectivity index (χ3n) is 3.74. The molecule has 2 aromatic carbocycles. The van der Waals surface area contributed by atoms with Gasteiger partial charge >= 0.3 is 5.97 Å². The fourth-order valence-corrected chi connectivity index (χ4v) is 3.59. The predicted octanol–water partition coefficient (Wildman–Crippen LogP) is 3.80. The van der Waals surface area contributed by atoms with E-state index < -0.39 is 35.4 Å². The number of carbonyl (C=O) groups is 1. The smallest absolute Gasteiger partial charge is 0.323 e. The third-order valence-corrected chi connectivity index (χ3v) is 4.83. The van der Waals surface area contributed by atoms with E-state index >= 15 is 0 Å². The summed E-state index contributed by atoms with van der Waals surface area (Å²) < 4.78 is 42.0. The van der Waals surface area contributed by atoms with Crippen molar-refractivity contribution in [2.24, 2.45) is 0 Å². The van der Waals surface area contributed by atoms with E-state index in [1.54, 1.807) is 0 Å². The van der Waals surface area contributed by atoms with E-state index in [1.165, 1.54) is 28.8 Å². The molecule has 1 aromatic heterocycles. The number of benzene rings is 2. The van der Waals surface area contributed by atoms with Gasteiger partial charge in [-0.1, -0.05) is 12.1 Å². The molecule has 0 aliphatic rings. The Bertz CT molecular complexity index is 1070. The quantitative estimate of drug-likeness (QED) is 0.685. The molecule has 0 saturated carbocycles. The van der Waals surface area contributed by atoms with Gasteiger partial charge in [0.1, 0.15) is 12.4 Å². The molecule has 8 heteroatoms. The molecular formula is C18H12F3NO3S. The molecule has 3 aromatic rings. The Morgan fingerprint density at radius 3 is 2.62 bits per heavy atom. The number of pyridine rings is 1. The van der Waals surface area contributed by atoms with E-state index in [4.69, 9.17) is 5.11 Å². The minimum Gasteiger partial charge on any atom is -0.480 e. The van der Waals surface area contributed by atoms with Gasteiger partial charge in [0, 0.05) is 22.8 Å². The van der Waals surface area contributed by atoms with Gasteiger partial charge in [0.05, 0.1) is 10.5 Å². The Kier molecular flexibility index (Phi) is 5.03. The van der Waals surface area contributed by atoms with Crippen molar-refractivity contribution in [3.63, 3.8) is 0 Å². The topological polar surface area (TPSA) is 59.3 Å². The average molecular weight is 379 g/mol. The molecule has 0 aliphatic carbocycles. The lowest BCUT2D eigenvalue weighted by molar-refractivity contribution is -0.137. The number of carboxylic acids is 1. The maximum Gasteiger partial charge on any atom is 0.323 e. The number of thioether (sulfide) groups is 1. The minimum atomic E-state index is -1.18. The number of aromatic nitrogens is 1. The van der Waals surface area contributed by atoms with Crippen LogP contribution in [0.1, 0.15) is 5.56 Å². The van der Waals surface area contributed by atoms with Gasteiger partial charge in [0.25, 0.3) is 0 Å². The normalized spacial score (nSPS) is 11.0. The van der Waals surface area contributed by atoms with Gasteiger partial charge in [0.15, 0.2) is 17.1 Å². The van der Waals surface area contributed by atoms with E-state index in [2.05, 4.69) is 0 Å². The van der Waals surface area contributed by atoms with E-state index in [1.807, 2.05) is 0 Å². The van der Waals surface area contributed by atoms with Crippen molar-refractivity contribution in [3.05, 3.63) is 75.7 Å². The lowest BCUT2D eigenvalue weighted by atomic mass is 10.2. The van der Waals surface area contributed by atoms with E-state index in [-0.39, 0.29) is 27.2 Å². The van der Waals surface area contributed by atoms with Crippen LogP contribution in [0.15, 0.2) is 52.3 Å². The van der Waals surface area contributed by atoms with E-state index in [9.17, 15) is 22.8 Å². The number of fused-ring (bicyclic) bond motifs is 1. The molecule has 0 saturated heterocycles. The molecule has 0 fully saturated rings. The van der Waals surface area contributed by atoms with Crippen molar-refractivity contribution >= 4 is 28.6 Å². The Labute approximate surface area is 149 Å². The predicted molar refractivity (Wildman–Crippen MR) is 91.7 cm³/mol. The largest absolute Gasteiger partial charge is 0.480 e. The maximum absolute atomic E-state index is 13.8. The number of nitrogens with zero attached hydrogens (tertiary/aromatic N) is 1. The van der Waals surface area contributed by atoms with Crippen LogP contribution in [0.25, 0.3) is 10.9 Å². The Hall–Kier alpha value is -2.74. The van der Waals surface area contributed by atoms with Crippen LogP contribution in [-0.2, 0) is 17.1 Å². The van der Waals surface area contributed by atoms with Crippen molar-refractivity contribution in [2.75, 3.05) is 0 Å². The Morgan fingerprint density at radius 2 is 1.88 bits per heavy atom. The molecule has 0 radical (unpaired) electrons. The van der Waals surface area contributed by atoms with Crippen LogP contribution in [0.3, 0.4) is 0 Å². The first-order valence-corrected chi connectivity index (χ1v) is 8.46. The molecule has 1 heterocycles. The molecule has 0 atom stereocenters. The van der Waals surface area contributed by atoms with Crippen molar-refractivity contribution in [1.82, 2.24) is 4.57 Å². The number of aliphatic carboxylic acids is 1. The van der Waals surface area contributed by atoms with E-state index in [0.717, 1.165) is 30.0 Å². The molecule has 4 nitrogen and oxygen atoms in total. The summed E-state index contributed by atoms with van der Waals surface area (Å²) in [7, 11) is 0. The molecule has 0 unspecified atom stereocenters. The highest BCUT2D eigenvalue weighted by atomic mass is 32.2. The van der Waals surface area contributed by atoms with Crippen LogP contribution in [0, 0.1) is 17.5 Å². The van der Waals surface area contributed by atoms with Crippen LogP contribution in [0.4, 0.5) is 13.2 Å². The van der Waals surface area contributed by atoms with Gasteiger partial charge in [-0.3, -0.25) is 9.59 Å². The molecule has 0 spiro atoms. The maximum atomic E-state index is 13.8. The molecule has 0 amide bonds. The van der Waals surface area contributed by atoms with E-state index in [0.29, 0.717) is 0 Å². The van der Waals surface area contributed by atoms with Gasteiger partial charge in [0.2, 0.25) is 0 Å². The first-order chi connectivity index (χ1) is 12.4. The zero-order valence-corrected chi connectivity index (χ0v) is 14.0. The first-order valence-electron chi connectivity index (χ1n) is 7.47. The van der Waals surface area contributed by atoms with Crippen molar-refractivity contribution in [1.29, 1.82) is 0 Å². The Balaban J connectivity index is 2.08. The highest BCUT2D eigenvalue weighted by Crippen LogP contribution is 2.27. The second kappa shape index (κ2) is 7.25. The van der Waals surface area contributed by atoms with Crippen molar-refractivity contribution in [3.8, 4) is 0 Å². The molecule has 134 valence electrons. The average Bonchev–Trinajstić information content (AvgIpc) is 2.58. The van der Waals surface area contributed by atoms with Gasteiger partial charge in [-0.25, -0.2) is 13.2 Å². The van der Waals surface area contributed by atoms with Crippen LogP contribution in [0.5, 0.6) is 0 Å². The van der Waals surface area contributed by atoms with Gasteiger partial charge in [-0.05, 0) is 24.3 Å². The molecule has 1 N–H and O–H groups in total. The summed E-state index contributed by atoms with van der Waals surface area (Å²) in [5.41, 5.74) is -0.213. The van der Waals surface area contributed by atoms with Crippen molar-refractivity contribution in [2.45, 2.75) is 17.3 Å². The zero-order chi connectivity index (χ0) is 18.8. The number of rotatable bonds is 5. The summed E-state index contributed by atoms with van der Waals surface area (Å²) >= 11 is 0.970. The summed E-state index contributed by atoms with van der Waals surface area (Å²) in [5.74, 6) is -3.82. The van der Waals surface area contributed by atoms with Crippen LogP contribution in [0.2, 0.25) is 0 Å². The SMILES string of the molecule is O=C(O)Cn1c(SCc2cccc(F)c2F)cc(=O)c2ccc(F)cc21. The molecule has 26 heavy (non-hydrogen) atoms. The van der Waals surface area contributed by atoms with Crippen molar-refractivity contribution < 1.29 is 23.1 Å². The second-order valence-electron chi connectivity index (χ2n) is 5.49. The minimum absolute atomic E-state index is 0.0243. The summed E-state index contributed by atoms with van der Waals surface area (Å²) in [6.45, 7) is -0.506. The summed E-state index contributed by atoms with van der Waals surface area (Å²) in [6.07, 6.45) is 0. The summed E-state index contributed by atoms with van der Waals surface area (Å²) in [5, 5.41) is 9.54. The summed E-state index contributed by atoms with van der Waals surface area (Å²) in [4.78, 5) is 23.4. The van der Waals surface area contributed by atoms with Gasteiger partial charge < -0.3 is 9.67 Å². The fourth-order valence-electron chi connectivity index (χ4n) is 2.55. The molecular weight excluding hydrogens is 367 g/mol. The highest BCUT2D eigenvalue weighted by Gasteiger charge is 2.15. The molecule has 3 rings (SSSR count). The number of hydrogen-bond acceptors (Lipinski definition) is 3. The number of carboxylic acid groups (broad SMARTS) is 1. The van der Waals surface area contributed by atoms with Crippen LogP contribution < -0.4 is 5.43 Å². The molecule has 0 bridgehead atoms. The summed E-state index contributed by atoms with van der Waals surface area (Å²) in [6, 6.07) is 8.43. The lowest BCUT2D eigenvalue weighted by Crippen LogP contribution is -2.16. The zero-order valence-electron chi connectivity index (χ0n) is 13.2. The third kappa shape index (κ3) is 3.60.